The predicted octanol–water partition coefficient (Wildman–Crippen LogP) is 5.68. The Morgan fingerprint density at radius 3 is 2.07 bits per heavy atom. The molecule has 0 saturated heterocycles. The molecular weight excluding hydrogens is 390 g/mol. The molecule has 2 aromatic rings. The number of benzene rings is 2. The maximum Gasteiger partial charge on any atom is 0.500 e. The third-order valence-electron chi connectivity index (χ3n) is 5.49. The lowest BCUT2D eigenvalue weighted by Crippen LogP contribution is -2.45. The maximum atomic E-state index is 6.24. The van der Waals surface area contributed by atoms with Crippen LogP contribution in [0.4, 0.5) is 0 Å². The molecule has 0 fully saturated rings. The van der Waals surface area contributed by atoms with Crippen LogP contribution in [0.1, 0.15) is 37.3 Å². The molecule has 0 amide bonds. The fourth-order valence-corrected chi connectivity index (χ4v) is 5.79. The summed E-state index contributed by atoms with van der Waals surface area (Å²) in [6.07, 6.45) is 5.99. The average molecular weight is 428 g/mol. The molecule has 0 heterocycles. The van der Waals surface area contributed by atoms with Gasteiger partial charge in [0.15, 0.2) is 0 Å². The Labute approximate surface area is 183 Å². The van der Waals surface area contributed by atoms with Gasteiger partial charge in [0.25, 0.3) is 0 Å². The van der Waals surface area contributed by atoms with Gasteiger partial charge >= 0.3 is 8.80 Å². The predicted molar refractivity (Wildman–Crippen MR) is 126 cm³/mol. The van der Waals surface area contributed by atoms with E-state index in [1.807, 2.05) is 12.3 Å². The van der Waals surface area contributed by atoms with Gasteiger partial charge in [0, 0.05) is 39.5 Å². The van der Waals surface area contributed by atoms with Crippen LogP contribution in [0.25, 0.3) is 0 Å². The van der Waals surface area contributed by atoms with Gasteiger partial charge in [-0.1, -0.05) is 80.6 Å². The molecular formula is C25H37NO3Si. The van der Waals surface area contributed by atoms with Crippen LogP contribution in [0.5, 0.6) is 0 Å². The van der Waals surface area contributed by atoms with E-state index in [0.29, 0.717) is 12.6 Å². The zero-order valence-electron chi connectivity index (χ0n) is 18.8. The Hall–Kier alpha value is -1.92. The summed E-state index contributed by atoms with van der Waals surface area (Å²) in [5.74, 6) is 0. The van der Waals surface area contributed by atoms with Crippen molar-refractivity contribution in [1.29, 1.82) is 0 Å². The molecule has 0 bridgehead atoms. The quantitative estimate of drug-likeness (QED) is 0.342. The largest absolute Gasteiger partial charge is 0.500 e. The molecule has 0 saturated carbocycles. The lowest BCUT2D eigenvalue weighted by molar-refractivity contribution is 0.0954. The Bertz CT molecular complexity index is 707. The highest BCUT2D eigenvalue weighted by Crippen LogP contribution is 2.24. The van der Waals surface area contributed by atoms with Crippen molar-refractivity contribution < 1.29 is 13.3 Å². The van der Waals surface area contributed by atoms with E-state index < -0.39 is 8.80 Å². The maximum absolute atomic E-state index is 6.24. The number of rotatable bonds is 15. The third-order valence-corrected chi connectivity index (χ3v) is 8.28. The standard InChI is InChI=1S/C25H37NO3Si/c1-5-13-25(26(6-2)22-24-16-11-8-12-17-24)19-21-30(27-3,28-4)29-20-18-23-14-9-7-10-15-23/h6-12,14-17,25H,2,5,13,18-22H2,1,3-4H3. The van der Waals surface area contributed by atoms with E-state index in [9.17, 15) is 0 Å². The van der Waals surface area contributed by atoms with Crippen LogP contribution in [-0.4, -0.2) is 40.6 Å². The molecule has 0 aliphatic carbocycles. The van der Waals surface area contributed by atoms with Crippen LogP contribution in [0.3, 0.4) is 0 Å². The first kappa shape index (κ1) is 24.3. The van der Waals surface area contributed by atoms with E-state index in [0.717, 1.165) is 38.3 Å². The van der Waals surface area contributed by atoms with E-state index in [-0.39, 0.29) is 0 Å². The van der Waals surface area contributed by atoms with Gasteiger partial charge in [0.2, 0.25) is 0 Å². The van der Waals surface area contributed by atoms with Gasteiger partial charge in [0.05, 0.1) is 0 Å². The van der Waals surface area contributed by atoms with Gasteiger partial charge in [-0.2, -0.15) is 0 Å². The zero-order valence-corrected chi connectivity index (χ0v) is 19.8. The minimum atomic E-state index is -2.70. The lowest BCUT2D eigenvalue weighted by atomic mass is 10.1. The third kappa shape index (κ3) is 7.72. The fourth-order valence-electron chi connectivity index (χ4n) is 3.74. The van der Waals surface area contributed by atoms with E-state index in [1.165, 1.54) is 11.1 Å². The van der Waals surface area contributed by atoms with Crippen LogP contribution < -0.4 is 0 Å². The van der Waals surface area contributed by atoms with Crippen molar-refractivity contribution in [2.45, 2.75) is 51.2 Å². The molecule has 1 unspecified atom stereocenters. The average Bonchev–Trinajstić information content (AvgIpc) is 2.80. The molecule has 0 aromatic heterocycles. The summed E-state index contributed by atoms with van der Waals surface area (Å²) in [5.41, 5.74) is 2.55. The zero-order chi connectivity index (χ0) is 21.7. The molecule has 0 N–H and O–H groups in total. The number of hydrogen-bond donors (Lipinski definition) is 0. The topological polar surface area (TPSA) is 30.9 Å². The second kappa shape index (κ2) is 13.4. The monoisotopic (exact) mass is 427 g/mol. The molecule has 0 aliphatic heterocycles. The van der Waals surface area contributed by atoms with Crippen molar-refractivity contribution in [2.24, 2.45) is 0 Å². The van der Waals surface area contributed by atoms with Gasteiger partial charge in [-0.3, -0.25) is 0 Å². The highest BCUT2D eigenvalue weighted by molar-refractivity contribution is 6.60. The second-order valence-electron chi connectivity index (χ2n) is 7.50. The van der Waals surface area contributed by atoms with Crippen molar-refractivity contribution in [3.8, 4) is 0 Å². The van der Waals surface area contributed by atoms with Gasteiger partial charge < -0.3 is 18.2 Å². The van der Waals surface area contributed by atoms with Gasteiger partial charge in [0.1, 0.15) is 0 Å². The first-order chi connectivity index (χ1) is 14.7. The number of hydrogen-bond acceptors (Lipinski definition) is 4. The van der Waals surface area contributed by atoms with Crippen molar-refractivity contribution in [3.05, 3.63) is 84.6 Å². The molecule has 30 heavy (non-hydrogen) atoms. The molecule has 4 nitrogen and oxygen atoms in total. The first-order valence-electron chi connectivity index (χ1n) is 10.9. The normalized spacial score (nSPS) is 12.5. The molecule has 164 valence electrons. The van der Waals surface area contributed by atoms with Crippen LogP contribution in [0.2, 0.25) is 6.04 Å². The Morgan fingerprint density at radius 2 is 1.53 bits per heavy atom. The van der Waals surface area contributed by atoms with E-state index in [1.54, 1.807) is 14.2 Å². The molecule has 1 atom stereocenters. The van der Waals surface area contributed by atoms with Gasteiger partial charge in [-0.15, -0.1) is 0 Å². The van der Waals surface area contributed by atoms with E-state index in [4.69, 9.17) is 13.3 Å². The Kier molecular flexibility index (Phi) is 10.9. The fraction of sp³-hybridized carbons (Fsp3) is 0.440. The van der Waals surface area contributed by atoms with Crippen LogP contribution in [-0.2, 0) is 26.2 Å². The van der Waals surface area contributed by atoms with Crippen LogP contribution in [0.15, 0.2) is 73.4 Å². The summed E-state index contributed by atoms with van der Waals surface area (Å²) in [6, 6.07) is 22.1. The summed E-state index contributed by atoms with van der Waals surface area (Å²) in [7, 11) is 0.721. The van der Waals surface area contributed by atoms with Crippen molar-refractivity contribution in [1.82, 2.24) is 4.90 Å². The van der Waals surface area contributed by atoms with Gasteiger partial charge in [-0.05, 0) is 36.6 Å². The lowest BCUT2D eigenvalue weighted by Gasteiger charge is -2.33. The smallest absolute Gasteiger partial charge is 0.377 e. The Balaban J connectivity index is 1.97. The minimum Gasteiger partial charge on any atom is -0.377 e. The van der Waals surface area contributed by atoms with Crippen molar-refractivity contribution in [3.63, 3.8) is 0 Å². The second-order valence-corrected chi connectivity index (χ2v) is 10.5. The van der Waals surface area contributed by atoms with E-state index in [2.05, 4.69) is 73.0 Å². The summed E-state index contributed by atoms with van der Waals surface area (Å²) < 4.78 is 17.9. The van der Waals surface area contributed by atoms with E-state index >= 15 is 0 Å². The molecule has 0 aliphatic rings. The molecule has 0 spiro atoms. The highest BCUT2D eigenvalue weighted by Gasteiger charge is 2.39. The SMILES string of the molecule is C=CN(Cc1ccccc1)C(CCC)CC[Si](OC)(OC)OCCc1ccccc1. The van der Waals surface area contributed by atoms with Crippen LogP contribution >= 0.6 is 0 Å². The van der Waals surface area contributed by atoms with Crippen molar-refractivity contribution in [2.75, 3.05) is 20.8 Å². The summed E-state index contributed by atoms with van der Waals surface area (Å²) in [4.78, 5) is 2.34. The van der Waals surface area contributed by atoms with Crippen LogP contribution in [0, 0.1) is 0 Å². The molecule has 0 radical (unpaired) electrons. The summed E-state index contributed by atoms with van der Waals surface area (Å²) in [5, 5.41) is 0. The Morgan fingerprint density at radius 1 is 0.933 bits per heavy atom. The summed E-state index contributed by atoms with van der Waals surface area (Å²) >= 11 is 0. The van der Waals surface area contributed by atoms with Crippen molar-refractivity contribution >= 4 is 8.80 Å². The minimum absolute atomic E-state index is 0.377. The first-order valence-corrected chi connectivity index (χ1v) is 12.8. The van der Waals surface area contributed by atoms with Gasteiger partial charge in [-0.25, -0.2) is 0 Å². The summed E-state index contributed by atoms with van der Waals surface area (Å²) in [6.45, 7) is 7.76. The molecule has 2 rings (SSSR count). The molecule has 5 heteroatoms. The highest BCUT2D eigenvalue weighted by atomic mass is 28.4. The molecule has 2 aromatic carbocycles. The number of nitrogens with zero attached hydrogens (tertiary/aromatic N) is 1.